The molecule has 0 amide bonds. The topological polar surface area (TPSA) is 12.0 Å². The molecule has 1 unspecified atom stereocenters. The summed E-state index contributed by atoms with van der Waals surface area (Å²) in [7, 11) is 0. The molecule has 0 radical (unpaired) electrons. The van der Waals surface area contributed by atoms with Gasteiger partial charge < -0.3 is 5.32 Å². The fourth-order valence-corrected chi connectivity index (χ4v) is 3.07. The second-order valence-corrected chi connectivity index (χ2v) is 4.79. The number of rotatable bonds is 1. The molecule has 1 aromatic carbocycles. The highest BCUT2D eigenvalue weighted by molar-refractivity contribution is 9.10. The SMILES string of the molecule is Brc1ccccc1C1NCCS1. The zero-order chi connectivity index (χ0) is 8.39. The summed E-state index contributed by atoms with van der Waals surface area (Å²) >= 11 is 5.52. The molecule has 0 aliphatic carbocycles. The average molecular weight is 244 g/mol. The number of benzene rings is 1. The molecule has 0 bridgehead atoms. The van der Waals surface area contributed by atoms with Gasteiger partial charge in [-0.25, -0.2) is 0 Å². The number of nitrogens with one attached hydrogen (secondary N) is 1. The molecule has 0 saturated carbocycles. The Hall–Kier alpha value is 0.01000. The third kappa shape index (κ3) is 1.68. The van der Waals surface area contributed by atoms with Crippen LogP contribution in [0.25, 0.3) is 0 Å². The Balaban J connectivity index is 2.26. The van der Waals surface area contributed by atoms with Crippen molar-refractivity contribution >= 4 is 27.7 Å². The van der Waals surface area contributed by atoms with Crippen molar-refractivity contribution in [2.75, 3.05) is 12.3 Å². The van der Waals surface area contributed by atoms with E-state index >= 15 is 0 Å². The van der Waals surface area contributed by atoms with Crippen molar-refractivity contribution in [1.29, 1.82) is 0 Å². The molecular weight excluding hydrogens is 234 g/mol. The lowest BCUT2D eigenvalue weighted by Gasteiger charge is -2.10. The van der Waals surface area contributed by atoms with Gasteiger partial charge in [-0.1, -0.05) is 34.1 Å². The first-order valence-electron chi connectivity index (χ1n) is 3.97. The molecule has 3 heteroatoms. The highest BCUT2D eigenvalue weighted by Gasteiger charge is 2.17. The maximum atomic E-state index is 3.55. The lowest BCUT2D eigenvalue weighted by atomic mass is 10.2. The van der Waals surface area contributed by atoms with E-state index in [1.807, 2.05) is 17.8 Å². The van der Waals surface area contributed by atoms with Gasteiger partial charge in [0.05, 0.1) is 5.37 Å². The largest absolute Gasteiger partial charge is 0.301 e. The van der Waals surface area contributed by atoms with Crippen LogP contribution >= 0.6 is 27.7 Å². The van der Waals surface area contributed by atoms with E-state index in [4.69, 9.17) is 0 Å². The Labute approximate surface area is 85.1 Å². The van der Waals surface area contributed by atoms with Crippen LogP contribution in [0.3, 0.4) is 0 Å². The molecule has 1 atom stereocenters. The van der Waals surface area contributed by atoms with Crippen LogP contribution < -0.4 is 5.32 Å². The lowest BCUT2D eigenvalue weighted by Crippen LogP contribution is -2.12. The lowest BCUT2D eigenvalue weighted by molar-refractivity contribution is 0.748. The number of halogens is 1. The Morgan fingerprint density at radius 3 is 2.92 bits per heavy atom. The first-order valence-corrected chi connectivity index (χ1v) is 5.81. The van der Waals surface area contributed by atoms with Crippen LogP contribution in [0, 0.1) is 0 Å². The van der Waals surface area contributed by atoms with Gasteiger partial charge in [-0.3, -0.25) is 0 Å². The van der Waals surface area contributed by atoms with Gasteiger partial charge in [0.15, 0.2) is 0 Å². The van der Waals surface area contributed by atoms with Crippen molar-refractivity contribution < 1.29 is 0 Å². The monoisotopic (exact) mass is 243 g/mol. The van der Waals surface area contributed by atoms with E-state index in [0.29, 0.717) is 5.37 Å². The van der Waals surface area contributed by atoms with E-state index in [0.717, 1.165) is 6.54 Å². The fourth-order valence-electron chi connectivity index (χ4n) is 1.31. The van der Waals surface area contributed by atoms with Gasteiger partial charge in [-0.05, 0) is 11.6 Å². The Morgan fingerprint density at radius 2 is 2.25 bits per heavy atom. The van der Waals surface area contributed by atoms with Crippen molar-refractivity contribution in [3.8, 4) is 0 Å². The summed E-state index contributed by atoms with van der Waals surface area (Å²) in [6.45, 7) is 1.12. The minimum atomic E-state index is 0.487. The first-order chi connectivity index (χ1) is 5.88. The molecular formula is C9H10BrNS. The van der Waals surface area contributed by atoms with Crippen LogP contribution in [-0.2, 0) is 0 Å². The molecule has 64 valence electrons. The van der Waals surface area contributed by atoms with E-state index in [1.54, 1.807) is 0 Å². The molecule has 1 heterocycles. The van der Waals surface area contributed by atoms with E-state index in [1.165, 1.54) is 15.8 Å². The van der Waals surface area contributed by atoms with Gasteiger partial charge in [0.1, 0.15) is 0 Å². The highest BCUT2D eigenvalue weighted by Crippen LogP contribution is 2.33. The maximum absolute atomic E-state index is 3.55. The van der Waals surface area contributed by atoms with E-state index < -0.39 is 0 Å². The minimum Gasteiger partial charge on any atom is -0.301 e. The van der Waals surface area contributed by atoms with Crippen molar-refractivity contribution in [1.82, 2.24) is 5.32 Å². The second-order valence-electron chi connectivity index (χ2n) is 2.73. The van der Waals surface area contributed by atoms with Crippen LogP contribution in [0.4, 0.5) is 0 Å². The van der Waals surface area contributed by atoms with Crippen molar-refractivity contribution in [3.63, 3.8) is 0 Å². The summed E-state index contributed by atoms with van der Waals surface area (Å²) in [5.41, 5.74) is 1.36. The normalized spacial score (nSPS) is 22.9. The molecule has 0 aromatic heterocycles. The maximum Gasteiger partial charge on any atom is 0.0801 e. The van der Waals surface area contributed by atoms with Gasteiger partial charge in [0.25, 0.3) is 0 Å². The van der Waals surface area contributed by atoms with Crippen molar-refractivity contribution in [3.05, 3.63) is 34.3 Å². The van der Waals surface area contributed by atoms with Gasteiger partial charge in [0, 0.05) is 16.8 Å². The zero-order valence-electron chi connectivity index (χ0n) is 6.59. The molecule has 1 aromatic rings. The molecule has 12 heavy (non-hydrogen) atoms. The summed E-state index contributed by atoms with van der Waals surface area (Å²) in [4.78, 5) is 0. The van der Waals surface area contributed by atoms with Crippen LogP contribution in [0.15, 0.2) is 28.7 Å². The molecule has 2 rings (SSSR count). The van der Waals surface area contributed by atoms with Crippen LogP contribution in [0.2, 0.25) is 0 Å². The number of thioether (sulfide) groups is 1. The number of hydrogen-bond donors (Lipinski definition) is 1. The predicted octanol–water partition coefficient (Wildman–Crippen LogP) is 2.78. The van der Waals surface area contributed by atoms with Gasteiger partial charge in [-0.15, -0.1) is 11.8 Å². The Morgan fingerprint density at radius 1 is 1.42 bits per heavy atom. The first kappa shape index (κ1) is 8.60. The average Bonchev–Trinajstić information content (AvgIpc) is 2.57. The molecule has 1 fully saturated rings. The van der Waals surface area contributed by atoms with E-state index in [-0.39, 0.29) is 0 Å². The van der Waals surface area contributed by atoms with Crippen LogP contribution in [0.5, 0.6) is 0 Å². The van der Waals surface area contributed by atoms with Gasteiger partial charge >= 0.3 is 0 Å². The molecule has 1 nitrogen and oxygen atoms in total. The summed E-state index contributed by atoms with van der Waals surface area (Å²) in [5.74, 6) is 1.21. The van der Waals surface area contributed by atoms with Crippen LogP contribution in [0.1, 0.15) is 10.9 Å². The summed E-state index contributed by atoms with van der Waals surface area (Å²) in [5, 5.41) is 3.93. The smallest absolute Gasteiger partial charge is 0.0801 e. The third-order valence-corrected chi connectivity index (χ3v) is 3.82. The third-order valence-electron chi connectivity index (χ3n) is 1.90. The highest BCUT2D eigenvalue weighted by atomic mass is 79.9. The Kier molecular flexibility index (Phi) is 2.73. The van der Waals surface area contributed by atoms with Gasteiger partial charge in [0.2, 0.25) is 0 Å². The standard InChI is InChI=1S/C9H10BrNS/c10-8-4-2-1-3-7(8)9-11-5-6-12-9/h1-4,9,11H,5-6H2. The summed E-state index contributed by atoms with van der Waals surface area (Å²) < 4.78 is 1.21. The Bertz CT molecular complexity index is 271. The van der Waals surface area contributed by atoms with Crippen molar-refractivity contribution in [2.45, 2.75) is 5.37 Å². The second kappa shape index (κ2) is 3.81. The van der Waals surface area contributed by atoms with Crippen molar-refractivity contribution in [2.24, 2.45) is 0 Å². The molecule has 0 spiro atoms. The number of hydrogen-bond acceptors (Lipinski definition) is 2. The molecule has 1 aliphatic rings. The van der Waals surface area contributed by atoms with E-state index in [9.17, 15) is 0 Å². The zero-order valence-corrected chi connectivity index (χ0v) is 8.99. The van der Waals surface area contributed by atoms with Gasteiger partial charge in [-0.2, -0.15) is 0 Å². The predicted molar refractivity (Wildman–Crippen MR) is 57.3 cm³/mol. The molecule has 1 aliphatic heterocycles. The molecule has 1 N–H and O–H groups in total. The quantitative estimate of drug-likeness (QED) is 0.815. The minimum absolute atomic E-state index is 0.487. The van der Waals surface area contributed by atoms with E-state index in [2.05, 4.69) is 39.4 Å². The van der Waals surface area contributed by atoms with Crippen LogP contribution in [-0.4, -0.2) is 12.3 Å². The summed E-state index contributed by atoms with van der Waals surface area (Å²) in [6, 6.07) is 8.39. The molecule has 1 saturated heterocycles. The fraction of sp³-hybridized carbons (Fsp3) is 0.333. The summed E-state index contributed by atoms with van der Waals surface area (Å²) in [6.07, 6.45) is 0.